The van der Waals surface area contributed by atoms with E-state index in [-0.39, 0.29) is 5.69 Å². The van der Waals surface area contributed by atoms with E-state index in [1.807, 2.05) is 6.92 Å². The van der Waals surface area contributed by atoms with Crippen LogP contribution in [0.5, 0.6) is 0 Å². The van der Waals surface area contributed by atoms with Crippen molar-refractivity contribution in [3.63, 3.8) is 0 Å². The van der Waals surface area contributed by atoms with Crippen molar-refractivity contribution in [3.05, 3.63) is 29.6 Å². The normalized spacial score (nSPS) is 24.0. The van der Waals surface area contributed by atoms with Crippen molar-refractivity contribution in [2.45, 2.75) is 49.8 Å². The van der Waals surface area contributed by atoms with Gasteiger partial charge in [-0.05, 0) is 30.9 Å². The number of aromatic nitrogens is 1. The highest BCUT2D eigenvalue weighted by molar-refractivity contribution is 7.91. The van der Waals surface area contributed by atoms with E-state index >= 15 is 0 Å². The lowest BCUT2D eigenvalue weighted by molar-refractivity contribution is -0.141. The van der Waals surface area contributed by atoms with Gasteiger partial charge in [-0.1, -0.05) is 25.8 Å². The number of alkyl halides is 3. The topological polar surface area (TPSA) is 47.0 Å². The lowest BCUT2D eigenvalue weighted by Gasteiger charge is -2.26. The summed E-state index contributed by atoms with van der Waals surface area (Å²) in [7, 11) is -3.46. The maximum Gasteiger partial charge on any atom is 0.433 e. The molecule has 2 unspecified atom stereocenters. The zero-order valence-electron chi connectivity index (χ0n) is 11.7. The van der Waals surface area contributed by atoms with Gasteiger partial charge in [0.2, 0.25) is 0 Å². The highest BCUT2D eigenvalue weighted by Gasteiger charge is 2.34. The summed E-state index contributed by atoms with van der Waals surface area (Å²) in [4.78, 5) is 3.44. The quantitative estimate of drug-likeness (QED) is 0.854. The Morgan fingerprint density at radius 1 is 1.29 bits per heavy atom. The number of halogens is 3. The SMILES string of the molecule is CC1CCCC(S(=O)(=O)Cc2cccc(C(F)(F)F)n2)C1. The highest BCUT2D eigenvalue weighted by atomic mass is 32.2. The molecule has 0 bridgehead atoms. The highest BCUT2D eigenvalue weighted by Crippen LogP contribution is 2.31. The van der Waals surface area contributed by atoms with Gasteiger partial charge in [0.15, 0.2) is 9.84 Å². The molecule has 1 aliphatic carbocycles. The van der Waals surface area contributed by atoms with Crippen LogP contribution in [0.1, 0.15) is 44.0 Å². The van der Waals surface area contributed by atoms with Gasteiger partial charge in [0.1, 0.15) is 5.69 Å². The van der Waals surface area contributed by atoms with Gasteiger partial charge in [-0.3, -0.25) is 0 Å². The van der Waals surface area contributed by atoms with E-state index in [0.717, 1.165) is 18.9 Å². The maximum atomic E-state index is 12.6. The number of nitrogens with zero attached hydrogens (tertiary/aromatic N) is 1. The standard InChI is InChI=1S/C14H18F3NO2S/c1-10-4-2-6-12(8-10)21(19,20)9-11-5-3-7-13(18-11)14(15,16)17/h3,5,7,10,12H,2,4,6,8-9H2,1H3. The van der Waals surface area contributed by atoms with Crippen molar-refractivity contribution in [1.29, 1.82) is 0 Å². The Morgan fingerprint density at radius 2 is 2.00 bits per heavy atom. The monoisotopic (exact) mass is 321 g/mol. The molecule has 1 fully saturated rings. The van der Waals surface area contributed by atoms with Gasteiger partial charge in [-0.2, -0.15) is 13.2 Å². The second-order valence-electron chi connectivity index (χ2n) is 5.71. The molecular formula is C14H18F3NO2S. The van der Waals surface area contributed by atoms with Crippen LogP contribution < -0.4 is 0 Å². The molecular weight excluding hydrogens is 303 g/mol. The first-order chi connectivity index (χ1) is 9.68. The van der Waals surface area contributed by atoms with E-state index in [1.165, 1.54) is 12.1 Å². The predicted molar refractivity (Wildman–Crippen MR) is 73.3 cm³/mol. The second kappa shape index (κ2) is 5.94. The number of sulfone groups is 1. The van der Waals surface area contributed by atoms with Crippen molar-refractivity contribution in [1.82, 2.24) is 4.98 Å². The Bertz CT molecular complexity index is 598. The van der Waals surface area contributed by atoms with Gasteiger partial charge in [0.05, 0.1) is 16.7 Å². The maximum absolute atomic E-state index is 12.6. The molecule has 2 atom stereocenters. The molecule has 0 spiro atoms. The van der Waals surface area contributed by atoms with Gasteiger partial charge in [-0.15, -0.1) is 0 Å². The molecule has 0 saturated heterocycles. The Labute approximate surface area is 122 Å². The first-order valence-corrected chi connectivity index (χ1v) is 8.65. The molecule has 7 heteroatoms. The van der Waals surface area contributed by atoms with Crippen LogP contribution in [0.2, 0.25) is 0 Å². The first kappa shape index (κ1) is 16.3. The molecule has 21 heavy (non-hydrogen) atoms. The summed E-state index contributed by atoms with van der Waals surface area (Å²) in [6.45, 7) is 2.00. The van der Waals surface area contributed by atoms with Crippen LogP contribution in [-0.4, -0.2) is 18.7 Å². The summed E-state index contributed by atoms with van der Waals surface area (Å²) in [5.41, 5.74) is -1.09. The van der Waals surface area contributed by atoms with Gasteiger partial charge in [-0.25, -0.2) is 13.4 Å². The Hall–Kier alpha value is -1.11. The van der Waals surface area contributed by atoms with E-state index in [1.54, 1.807) is 0 Å². The molecule has 1 heterocycles. The van der Waals surface area contributed by atoms with Crippen LogP contribution in [0.3, 0.4) is 0 Å². The van der Waals surface area contributed by atoms with Crippen molar-refractivity contribution in [3.8, 4) is 0 Å². The third-order valence-electron chi connectivity index (χ3n) is 3.84. The molecule has 0 aliphatic heterocycles. The number of rotatable bonds is 3. The lowest BCUT2D eigenvalue weighted by atomic mass is 9.91. The van der Waals surface area contributed by atoms with Gasteiger partial charge < -0.3 is 0 Å². The van der Waals surface area contributed by atoms with E-state index in [9.17, 15) is 21.6 Å². The molecule has 0 radical (unpaired) electrons. The fourth-order valence-electron chi connectivity index (χ4n) is 2.75. The van der Waals surface area contributed by atoms with Crippen LogP contribution in [0, 0.1) is 5.92 Å². The average molecular weight is 321 g/mol. The molecule has 0 aromatic carbocycles. The number of pyridine rings is 1. The largest absolute Gasteiger partial charge is 0.433 e. The number of hydrogen-bond donors (Lipinski definition) is 0. The third kappa shape index (κ3) is 4.18. The van der Waals surface area contributed by atoms with Crippen LogP contribution in [0.4, 0.5) is 13.2 Å². The third-order valence-corrected chi connectivity index (χ3v) is 5.98. The predicted octanol–water partition coefficient (Wildman–Crippen LogP) is 3.59. The zero-order chi connectivity index (χ0) is 15.7. The van der Waals surface area contributed by atoms with E-state index in [2.05, 4.69) is 4.98 Å². The van der Waals surface area contributed by atoms with Crippen molar-refractivity contribution in [2.75, 3.05) is 0 Å². The van der Waals surface area contributed by atoms with E-state index in [4.69, 9.17) is 0 Å². The fraction of sp³-hybridized carbons (Fsp3) is 0.643. The molecule has 1 aromatic rings. The molecule has 1 saturated carbocycles. The van der Waals surface area contributed by atoms with Crippen LogP contribution >= 0.6 is 0 Å². The van der Waals surface area contributed by atoms with Crippen molar-refractivity contribution in [2.24, 2.45) is 5.92 Å². The Balaban J connectivity index is 2.17. The first-order valence-electron chi connectivity index (χ1n) is 6.93. The zero-order valence-corrected chi connectivity index (χ0v) is 12.5. The summed E-state index contributed by atoms with van der Waals surface area (Å²) >= 11 is 0. The lowest BCUT2D eigenvalue weighted by Crippen LogP contribution is -2.28. The summed E-state index contributed by atoms with van der Waals surface area (Å²) < 4.78 is 62.5. The molecule has 2 rings (SSSR count). The smallest absolute Gasteiger partial charge is 0.247 e. The minimum absolute atomic E-state index is 0.0388. The van der Waals surface area contributed by atoms with Gasteiger partial charge in [0.25, 0.3) is 0 Å². The molecule has 0 amide bonds. The Kier molecular flexibility index (Phi) is 4.60. The summed E-state index contributed by atoms with van der Waals surface area (Å²) in [5.74, 6) is -0.0816. The van der Waals surface area contributed by atoms with Crippen molar-refractivity contribution < 1.29 is 21.6 Å². The second-order valence-corrected chi connectivity index (χ2v) is 7.99. The van der Waals surface area contributed by atoms with Crippen LogP contribution in [0.25, 0.3) is 0 Å². The fourth-order valence-corrected chi connectivity index (χ4v) is 4.70. The summed E-state index contributed by atoms with van der Waals surface area (Å²) in [5, 5.41) is -0.461. The Morgan fingerprint density at radius 3 is 2.62 bits per heavy atom. The van der Waals surface area contributed by atoms with Crippen LogP contribution in [-0.2, 0) is 21.8 Å². The average Bonchev–Trinajstić information content (AvgIpc) is 2.37. The molecule has 118 valence electrons. The molecule has 3 nitrogen and oxygen atoms in total. The molecule has 0 N–H and O–H groups in total. The summed E-state index contributed by atoms with van der Waals surface area (Å²) in [6.07, 6.45) is -1.53. The van der Waals surface area contributed by atoms with E-state index in [0.29, 0.717) is 18.8 Å². The van der Waals surface area contributed by atoms with Crippen LogP contribution in [0.15, 0.2) is 18.2 Å². The molecule has 1 aliphatic rings. The van der Waals surface area contributed by atoms with Gasteiger partial charge >= 0.3 is 6.18 Å². The van der Waals surface area contributed by atoms with E-state index < -0.39 is 32.7 Å². The minimum Gasteiger partial charge on any atom is -0.247 e. The molecule has 1 aromatic heterocycles. The van der Waals surface area contributed by atoms with Crippen molar-refractivity contribution >= 4 is 9.84 Å². The van der Waals surface area contributed by atoms with Gasteiger partial charge in [0, 0.05) is 0 Å². The number of hydrogen-bond acceptors (Lipinski definition) is 3. The summed E-state index contributed by atoms with van der Waals surface area (Å²) in [6, 6.07) is 3.38. The minimum atomic E-state index is -4.56.